The van der Waals surface area contributed by atoms with Gasteiger partial charge in [-0.25, -0.2) is 9.69 Å². The first-order valence-corrected chi connectivity index (χ1v) is 14.1. The smallest absolute Gasteiger partial charge is 0.325 e. The van der Waals surface area contributed by atoms with Crippen LogP contribution in [0.1, 0.15) is 36.4 Å². The Morgan fingerprint density at radius 1 is 1.00 bits per heavy atom. The molecule has 2 N–H and O–H groups in total. The van der Waals surface area contributed by atoms with Crippen molar-refractivity contribution in [3.8, 4) is 5.75 Å². The Morgan fingerprint density at radius 3 is 2.30 bits per heavy atom. The van der Waals surface area contributed by atoms with Gasteiger partial charge in [0.1, 0.15) is 17.8 Å². The van der Waals surface area contributed by atoms with E-state index < -0.39 is 35.8 Å². The number of amides is 5. The van der Waals surface area contributed by atoms with Crippen LogP contribution in [-0.2, 0) is 14.4 Å². The van der Waals surface area contributed by atoms with Crippen LogP contribution in [0.3, 0.4) is 0 Å². The fourth-order valence-corrected chi connectivity index (χ4v) is 5.16. The Hall–Kier alpha value is -3.93. The number of rotatable bonds is 9. The number of hydrogen-bond donors (Lipinski definition) is 2. The zero-order valence-electron chi connectivity index (χ0n) is 21.9. The van der Waals surface area contributed by atoms with Crippen molar-refractivity contribution in [1.82, 2.24) is 15.1 Å². The Labute approximate surface area is 246 Å². The molecule has 2 heterocycles. The lowest BCUT2D eigenvalue weighted by atomic mass is 9.91. The van der Waals surface area contributed by atoms with E-state index in [9.17, 15) is 19.2 Å². The summed E-state index contributed by atoms with van der Waals surface area (Å²) in [4.78, 5) is 55.4. The van der Waals surface area contributed by atoms with E-state index in [0.717, 1.165) is 33.5 Å². The highest BCUT2D eigenvalue weighted by atomic mass is 127. The maximum atomic E-state index is 13.7. The van der Waals surface area contributed by atoms with E-state index in [4.69, 9.17) is 4.74 Å². The number of anilines is 1. The van der Waals surface area contributed by atoms with Crippen LogP contribution < -0.4 is 15.4 Å². The zero-order valence-corrected chi connectivity index (χ0v) is 24.0. The van der Waals surface area contributed by atoms with Gasteiger partial charge in [0.2, 0.25) is 5.91 Å². The van der Waals surface area contributed by atoms with E-state index in [0.29, 0.717) is 17.0 Å². The SMILES string of the molecule is C[C@@H](c1ccccc1)C(C(=O)Nc1ccc(I)cc1)N1C(=O)N[C@H](c2ccc(OCC(=O)N3CCC3)cc2)C1=O. The first kappa shape index (κ1) is 27.6. The van der Waals surface area contributed by atoms with Crippen LogP contribution >= 0.6 is 22.6 Å². The molecule has 0 aromatic heterocycles. The van der Waals surface area contributed by atoms with E-state index in [1.807, 2.05) is 49.4 Å². The van der Waals surface area contributed by atoms with Gasteiger partial charge in [0.15, 0.2) is 6.61 Å². The van der Waals surface area contributed by atoms with Gasteiger partial charge >= 0.3 is 6.03 Å². The number of nitrogens with zero attached hydrogens (tertiary/aromatic N) is 2. The lowest BCUT2D eigenvalue weighted by molar-refractivity contribution is -0.136. The third kappa shape index (κ3) is 5.96. The van der Waals surface area contributed by atoms with Gasteiger partial charge in [-0.2, -0.15) is 0 Å². The van der Waals surface area contributed by atoms with Crippen LogP contribution in [0.25, 0.3) is 0 Å². The van der Waals surface area contributed by atoms with Crippen molar-refractivity contribution >= 4 is 52.0 Å². The number of carbonyl (C=O) groups excluding carboxylic acids is 4. The van der Waals surface area contributed by atoms with Gasteiger partial charge in [-0.15, -0.1) is 0 Å². The van der Waals surface area contributed by atoms with Gasteiger partial charge in [0.05, 0.1) is 0 Å². The number of benzene rings is 3. The number of carbonyl (C=O) groups is 4. The average Bonchev–Trinajstić information content (AvgIpc) is 3.22. The van der Waals surface area contributed by atoms with Gasteiger partial charge in [-0.3, -0.25) is 14.4 Å². The highest BCUT2D eigenvalue weighted by Crippen LogP contribution is 2.31. The molecule has 5 amide bonds. The van der Waals surface area contributed by atoms with E-state index in [1.165, 1.54) is 0 Å². The molecule has 9 nitrogen and oxygen atoms in total. The van der Waals surface area contributed by atoms with Gasteiger partial charge < -0.3 is 20.3 Å². The van der Waals surface area contributed by atoms with Crippen molar-refractivity contribution in [1.29, 1.82) is 0 Å². The molecule has 3 atom stereocenters. The Balaban J connectivity index is 1.34. The molecule has 2 saturated heterocycles. The first-order chi connectivity index (χ1) is 19.3. The van der Waals surface area contributed by atoms with Crippen LogP contribution in [0.4, 0.5) is 10.5 Å². The highest BCUT2D eigenvalue weighted by Gasteiger charge is 2.47. The molecular formula is C30H29IN4O5. The fraction of sp³-hybridized carbons (Fsp3) is 0.267. The second-order valence-electron chi connectivity index (χ2n) is 9.82. The summed E-state index contributed by atoms with van der Waals surface area (Å²) in [5.41, 5.74) is 1.94. The zero-order chi connectivity index (χ0) is 28.2. The number of hydrogen-bond acceptors (Lipinski definition) is 5. The molecule has 3 aromatic carbocycles. The van der Waals surface area contributed by atoms with Crippen molar-refractivity contribution in [3.63, 3.8) is 0 Å². The molecule has 2 aliphatic rings. The van der Waals surface area contributed by atoms with Crippen molar-refractivity contribution < 1.29 is 23.9 Å². The molecule has 0 saturated carbocycles. The molecule has 40 heavy (non-hydrogen) atoms. The number of imide groups is 1. The van der Waals surface area contributed by atoms with Gasteiger partial charge in [0, 0.05) is 28.3 Å². The third-order valence-corrected chi connectivity index (χ3v) is 7.93. The summed E-state index contributed by atoms with van der Waals surface area (Å²) >= 11 is 2.18. The summed E-state index contributed by atoms with van der Waals surface area (Å²) < 4.78 is 6.61. The highest BCUT2D eigenvalue weighted by molar-refractivity contribution is 14.1. The largest absolute Gasteiger partial charge is 0.484 e. The topological polar surface area (TPSA) is 108 Å². The molecular weight excluding hydrogens is 623 g/mol. The first-order valence-electron chi connectivity index (χ1n) is 13.1. The van der Waals surface area contributed by atoms with Crippen LogP contribution in [-0.4, -0.2) is 59.3 Å². The maximum Gasteiger partial charge on any atom is 0.325 e. The van der Waals surface area contributed by atoms with Gasteiger partial charge in [-0.05, 0) is 76.5 Å². The molecule has 2 aliphatic heterocycles. The minimum atomic E-state index is -1.09. The molecule has 0 bridgehead atoms. The molecule has 10 heteroatoms. The lowest BCUT2D eigenvalue weighted by Gasteiger charge is -2.30. The van der Waals surface area contributed by atoms with Crippen molar-refractivity contribution in [2.75, 3.05) is 25.0 Å². The molecule has 2 fully saturated rings. The standard InChI is InChI=1S/C30H29IN4O5/c1-19(20-6-3-2-4-7-20)27(28(37)32-23-12-10-22(31)11-13-23)35-29(38)26(33-30(35)39)21-8-14-24(15-9-21)40-18-25(36)34-16-5-17-34/h2-4,6-15,19,26-27H,5,16-18H2,1H3,(H,32,37)(H,33,39)/t19-,26+,27?/m0/s1. The van der Waals surface area contributed by atoms with E-state index in [2.05, 4.69) is 33.2 Å². The van der Waals surface area contributed by atoms with Crippen LogP contribution in [0.15, 0.2) is 78.9 Å². The van der Waals surface area contributed by atoms with Crippen LogP contribution in [0, 0.1) is 3.57 Å². The van der Waals surface area contributed by atoms with Gasteiger partial charge in [0.25, 0.3) is 11.8 Å². The number of halogens is 1. The monoisotopic (exact) mass is 652 g/mol. The maximum absolute atomic E-state index is 13.7. The molecule has 0 aliphatic carbocycles. The normalized spacial score (nSPS) is 18.0. The number of urea groups is 1. The lowest BCUT2D eigenvalue weighted by Crippen LogP contribution is -2.50. The van der Waals surface area contributed by atoms with E-state index in [1.54, 1.807) is 41.3 Å². The Kier molecular flexibility index (Phi) is 8.34. The minimum Gasteiger partial charge on any atom is -0.484 e. The van der Waals surface area contributed by atoms with E-state index >= 15 is 0 Å². The molecule has 1 unspecified atom stereocenters. The molecule has 0 radical (unpaired) electrons. The second kappa shape index (κ2) is 12.1. The van der Waals surface area contributed by atoms with Crippen molar-refractivity contribution in [3.05, 3.63) is 93.6 Å². The van der Waals surface area contributed by atoms with Crippen molar-refractivity contribution in [2.24, 2.45) is 0 Å². The minimum absolute atomic E-state index is 0.0546. The number of nitrogens with one attached hydrogen (secondary N) is 2. The molecule has 5 rings (SSSR count). The summed E-state index contributed by atoms with van der Waals surface area (Å²) in [6, 6.07) is 20.6. The number of ether oxygens (including phenoxy) is 1. The average molecular weight is 652 g/mol. The summed E-state index contributed by atoms with van der Waals surface area (Å²) in [6.07, 6.45) is 1.01. The second-order valence-corrected chi connectivity index (χ2v) is 11.1. The fourth-order valence-electron chi connectivity index (χ4n) is 4.80. The summed E-state index contributed by atoms with van der Waals surface area (Å²) in [7, 11) is 0. The van der Waals surface area contributed by atoms with Crippen LogP contribution in [0.5, 0.6) is 5.75 Å². The molecule has 3 aromatic rings. The predicted molar refractivity (Wildman–Crippen MR) is 158 cm³/mol. The Morgan fingerprint density at radius 2 is 1.68 bits per heavy atom. The molecule has 0 spiro atoms. The molecule has 206 valence electrons. The summed E-state index contributed by atoms with van der Waals surface area (Å²) in [5.74, 6) is -1.03. The number of likely N-dealkylation sites (tertiary alicyclic amines) is 1. The van der Waals surface area contributed by atoms with Crippen molar-refractivity contribution in [2.45, 2.75) is 31.3 Å². The Bertz CT molecular complexity index is 1390. The van der Waals surface area contributed by atoms with Crippen LogP contribution in [0.2, 0.25) is 0 Å². The summed E-state index contributed by atoms with van der Waals surface area (Å²) in [5, 5.41) is 5.61. The van der Waals surface area contributed by atoms with Gasteiger partial charge in [-0.1, -0.05) is 49.4 Å². The van der Waals surface area contributed by atoms with E-state index in [-0.39, 0.29) is 12.5 Å². The summed E-state index contributed by atoms with van der Waals surface area (Å²) in [6.45, 7) is 3.29. The predicted octanol–water partition coefficient (Wildman–Crippen LogP) is 4.31. The third-order valence-electron chi connectivity index (χ3n) is 7.21. The quantitative estimate of drug-likeness (QED) is 0.265.